The quantitative estimate of drug-likeness (QED) is 0.712. The summed E-state index contributed by atoms with van der Waals surface area (Å²) in [5.74, 6) is 0.237. The third-order valence-corrected chi connectivity index (χ3v) is 4.24. The van der Waals surface area contributed by atoms with Crippen LogP contribution >= 0.6 is 11.6 Å². The van der Waals surface area contributed by atoms with Crippen molar-refractivity contribution in [3.05, 3.63) is 50.5 Å². The molecule has 3 aromatic rings. The molecule has 0 fully saturated rings. The molecule has 0 aromatic carbocycles. The van der Waals surface area contributed by atoms with Crippen molar-refractivity contribution in [2.45, 2.75) is 19.4 Å². The second kappa shape index (κ2) is 7.12. The van der Waals surface area contributed by atoms with Crippen molar-refractivity contribution < 1.29 is 4.79 Å². The van der Waals surface area contributed by atoms with E-state index in [1.165, 1.54) is 24.1 Å². The molecule has 0 saturated heterocycles. The van der Waals surface area contributed by atoms with Gasteiger partial charge in [0.1, 0.15) is 5.82 Å². The third-order valence-electron chi connectivity index (χ3n) is 4.01. The van der Waals surface area contributed by atoms with E-state index in [-0.39, 0.29) is 12.3 Å². The summed E-state index contributed by atoms with van der Waals surface area (Å²) in [5.41, 5.74) is -0.166. The predicted molar refractivity (Wildman–Crippen MR) is 97.3 cm³/mol. The molecule has 26 heavy (non-hydrogen) atoms. The van der Waals surface area contributed by atoms with Crippen molar-refractivity contribution in [3.8, 4) is 0 Å². The molecule has 0 bridgehead atoms. The lowest BCUT2D eigenvalue weighted by atomic mass is 10.3. The van der Waals surface area contributed by atoms with Gasteiger partial charge in [-0.25, -0.2) is 14.8 Å². The molecule has 1 amide bonds. The largest absolute Gasteiger partial charge is 0.332 e. The lowest BCUT2D eigenvalue weighted by molar-refractivity contribution is -0.116. The van der Waals surface area contributed by atoms with Crippen LogP contribution < -0.4 is 16.6 Å². The number of pyridine rings is 1. The van der Waals surface area contributed by atoms with Crippen LogP contribution in [0.15, 0.2) is 34.2 Å². The number of carbonyl (C=O) groups is 1. The van der Waals surface area contributed by atoms with Crippen LogP contribution in [-0.4, -0.2) is 29.6 Å². The van der Waals surface area contributed by atoms with Crippen molar-refractivity contribution in [3.63, 3.8) is 0 Å². The van der Waals surface area contributed by atoms with Gasteiger partial charge in [-0.3, -0.25) is 18.7 Å². The van der Waals surface area contributed by atoms with Gasteiger partial charge in [0.25, 0.3) is 5.56 Å². The fourth-order valence-electron chi connectivity index (χ4n) is 2.63. The summed E-state index contributed by atoms with van der Waals surface area (Å²) in [4.78, 5) is 44.4. The number of anilines is 1. The summed E-state index contributed by atoms with van der Waals surface area (Å²) in [6.45, 7) is 0.422. The minimum Gasteiger partial charge on any atom is -0.325 e. The normalized spacial score (nSPS) is 11.0. The first-order valence-corrected chi connectivity index (χ1v) is 8.28. The van der Waals surface area contributed by atoms with Crippen LogP contribution in [0.25, 0.3) is 11.2 Å². The van der Waals surface area contributed by atoms with Gasteiger partial charge < -0.3 is 9.88 Å². The van der Waals surface area contributed by atoms with Gasteiger partial charge in [-0.2, -0.15) is 0 Å². The maximum atomic E-state index is 12.3. The third kappa shape index (κ3) is 3.38. The molecule has 3 rings (SSSR count). The first-order chi connectivity index (χ1) is 12.4. The zero-order valence-corrected chi connectivity index (χ0v) is 15.0. The molecule has 1 N–H and O–H groups in total. The SMILES string of the molecule is Cn1c(=O)c2c(ncn2CCCC(=O)Nc2ccc(Cl)cn2)n(C)c1=O. The standard InChI is InChI=1S/C16H17ClN6O3/c1-21-14-13(15(25)22(2)16(21)26)23(9-19-14)7-3-4-12(24)20-11-6-5-10(17)8-18-11/h5-6,8-9H,3-4,7H2,1-2H3,(H,18,20,24). The molecule has 0 aliphatic heterocycles. The summed E-state index contributed by atoms with van der Waals surface area (Å²) >= 11 is 5.75. The van der Waals surface area contributed by atoms with E-state index in [1.54, 1.807) is 23.7 Å². The van der Waals surface area contributed by atoms with Gasteiger partial charge in [0, 0.05) is 33.3 Å². The molecule has 0 unspecified atom stereocenters. The second-order valence-electron chi connectivity index (χ2n) is 5.83. The van der Waals surface area contributed by atoms with E-state index >= 15 is 0 Å². The average molecular weight is 377 g/mol. The molecule has 9 nitrogen and oxygen atoms in total. The fraction of sp³-hybridized carbons (Fsp3) is 0.312. The molecule has 0 radical (unpaired) electrons. The number of fused-ring (bicyclic) bond motifs is 1. The lowest BCUT2D eigenvalue weighted by Gasteiger charge is -2.07. The van der Waals surface area contributed by atoms with E-state index in [9.17, 15) is 14.4 Å². The van der Waals surface area contributed by atoms with Crippen molar-refractivity contribution in [1.29, 1.82) is 0 Å². The molecular formula is C16H17ClN6O3. The smallest absolute Gasteiger partial charge is 0.325 e. The summed E-state index contributed by atoms with van der Waals surface area (Å²) in [5, 5.41) is 3.17. The number of imidazole rings is 1. The van der Waals surface area contributed by atoms with E-state index in [1.807, 2.05) is 0 Å². The van der Waals surface area contributed by atoms with Crippen molar-refractivity contribution in [2.75, 3.05) is 5.32 Å². The van der Waals surface area contributed by atoms with E-state index in [2.05, 4.69) is 15.3 Å². The topological polar surface area (TPSA) is 104 Å². The van der Waals surface area contributed by atoms with Crippen molar-refractivity contribution in [1.82, 2.24) is 23.7 Å². The van der Waals surface area contributed by atoms with Crippen LogP contribution in [-0.2, 0) is 25.4 Å². The van der Waals surface area contributed by atoms with Gasteiger partial charge in [-0.15, -0.1) is 0 Å². The number of rotatable bonds is 5. The highest BCUT2D eigenvalue weighted by molar-refractivity contribution is 6.30. The zero-order chi connectivity index (χ0) is 18.8. The molecular weight excluding hydrogens is 360 g/mol. The van der Waals surface area contributed by atoms with Crippen LogP contribution in [0.1, 0.15) is 12.8 Å². The van der Waals surface area contributed by atoms with Crippen molar-refractivity contribution >= 4 is 34.5 Å². The first-order valence-electron chi connectivity index (χ1n) is 7.90. The predicted octanol–water partition coefficient (Wildman–Crippen LogP) is 0.901. The van der Waals surface area contributed by atoms with Gasteiger partial charge in [0.15, 0.2) is 11.2 Å². The van der Waals surface area contributed by atoms with Crippen LogP contribution in [0, 0.1) is 0 Å². The van der Waals surface area contributed by atoms with Gasteiger partial charge in [0.05, 0.1) is 11.3 Å². The Kier molecular flexibility index (Phi) is 4.90. The number of nitrogens with one attached hydrogen (secondary N) is 1. The monoisotopic (exact) mass is 376 g/mol. The second-order valence-corrected chi connectivity index (χ2v) is 6.27. The Bertz CT molecular complexity index is 1080. The Hall–Kier alpha value is -2.94. The number of hydrogen-bond acceptors (Lipinski definition) is 5. The molecule has 0 aliphatic rings. The van der Waals surface area contributed by atoms with Gasteiger partial charge in [-0.05, 0) is 18.6 Å². The maximum absolute atomic E-state index is 12.3. The minimum absolute atomic E-state index is 0.190. The molecule has 0 aliphatic carbocycles. The summed E-state index contributed by atoms with van der Waals surface area (Å²) < 4.78 is 4.02. The Morgan fingerprint density at radius 1 is 1.19 bits per heavy atom. The number of aromatic nitrogens is 5. The molecule has 136 valence electrons. The molecule has 0 spiro atoms. The Morgan fingerprint density at radius 2 is 1.96 bits per heavy atom. The summed E-state index contributed by atoms with van der Waals surface area (Å²) in [6, 6.07) is 3.26. The van der Waals surface area contributed by atoms with E-state index in [0.29, 0.717) is 35.0 Å². The number of hydrogen-bond donors (Lipinski definition) is 1. The van der Waals surface area contributed by atoms with Gasteiger partial charge in [-0.1, -0.05) is 11.6 Å². The summed E-state index contributed by atoms with van der Waals surface area (Å²) in [6.07, 6.45) is 3.70. The zero-order valence-electron chi connectivity index (χ0n) is 14.3. The fourth-order valence-corrected chi connectivity index (χ4v) is 2.74. The van der Waals surface area contributed by atoms with Gasteiger partial charge in [0.2, 0.25) is 5.91 Å². The van der Waals surface area contributed by atoms with Crippen LogP contribution in [0.5, 0.6) is 0 Å². The minimum atomic E-state index is -0.428. The number of aryl methyl sites for hydroxylation is 2. The molecule has 3 aromatic heterocycles. The molecule has 10 heteroatoms. The molecule has 0 atom stereocenters. The van der Waals surface area contributed by atoms with Crippen molar-refractivity contribution in [2.24, 2.45) is 14.1 Å². The highest BCUT2D eigenvalue weighted by Crippen LogP contribution is 2.11. The Morgan fingerprint density at radius 3 is 2.65 bits per heavy atom. The number of halogens is 1. The highest BCUT2D eigenvalue weighted by atomic mass is 35.5. The highest BCUT2D eigenvalue weighted by Gasteiger charge is 2.14. The summed E-state index contributed by atoms with van der Waals surface area (Å²) in [7, 11) is 2.99. The van der Waals surface area contributed by atoms with E-state index < -0.39 is 11.2 Å². The Labute approximate surface area is 152 Å². The molecule has 3 heterocycles. The lowest BCUT2D eigenvalue weighted by Crippen LogP contribution is -2.37. The first kappa shape index (κ1) is 17.9. The maximum Gasteiger partial charge on any atom is 0.332 e. The van der Waals surface area contributed by atoms with E-state index in [0.717, 1.165) is 4.57 Å². The Balaban J connectivity index is 1.69. The van der Waals surface area contributed by atoms with Gasteiger partial charge >= 0.3 is 5.69 Å². The number of carbonyl (C=O) groups excluding carboxylic acids is 1. The average Bonchev–Trinajstić information content (AvgIpc) is 3.04. The number of amides is 1. The van der Waals surface area contributed by atoms with Crippen LogP contribution in [0.2, 0.25) is 5.02 Å². The van der Waals surface area contributed by atoms with Crippen LogP contribution in [0.3, 0.4) is 0 Å². The van der Waals surface area contributed by atoms with Crippen LogP contribution in [0.4, 0.5) is 5.82 Å². The van der Waals surface area contributed by atoms with E-state index in [4.69, 9.17) is 11.6 Å². The molecule has 0 saturated carbocycles. The number of nitrogens with zero attached hydrogens (tertiary/aromatic N) is 5.